The van der Waals surface area contributed by atoms with E-state index in [1.807, 2.05) is 42.5 Å². The molecule has 0 aromatic heterocycles. The van der Waals surface area contributed by atoms with Gasteiger partial charge in [-0.15, -0.1) is 0 Å². The molecule has 1 atom stereocenters. The lowest BCUT2D eigenvalue weighted by Gasteiger charge is -2.21. The van der Waals surface area contributed by atoms with Crippen molar-refractivity contribution < 1.29 is 18.0 Å². The molecule has 0 N–H and O–H groups in total. The number of carbonyl (C=O) groups is 2. The number of anilines is 1. The van der Waals surface area contributed by atoms with Crippen LogP contribution < -0.4 is 4.90 Å². The number of amides is 2. The molecule has 164 valence electrons. The molecule has 1 unspecified atom stereocenters. The maximum absolute atomic E-state index is 13.6. The van der Waals surface area contributed by atoms with E-state index in [9.17, 15) is 18.0 Å². The predicted molar refractivity (Wildman–Crippen MR) is 130 cm³/mol. The van der Waals surface area contributed by atoms with E-state index in [2.05, 4.69) is 0 Å². The van der Waals surface area contributed by atoms with Crippen LogP contribution in [0.5, 0.6) is 0 Å². The van der Waals surface area contributed by atoms with E-state index in [0.29, 0.717) is 28.3 Å². The number of halogens is 1. The monoisotopic (exact) mass is 504 g/mol. The molecule has 2 aromatic rings. The van der Waals surface area contributed by atoms with Crippen LogP contribution >= 0.6 is 35.6 Å². The van der Waals surface area contributed by atoms with Crippen LogP contribution in [0, 0.1) is 0 Å². The van der Waals surface area contributed by atoms with Gasteiger partial charge in [-0.1, -0.05) is 72.0 Å². The van der Waals surface area contributed by atoms with Crippen molar-refractivity contribution in [1.82, 2.24) is 4.90 Å². The summed E-state index contributed by atoms with van der Waals surface area (Å²) in [7, 11) is -3.19. The lowest BCUT2D eigenvalue weighted by molar-refractivity contribution is -0.123. The summed E-state index contributed by atoms with van der Waals surface area (Å²) in [6.45, 7) is 0.264. The molecule has 2 fully saturated rings. The van der Waals surface area contributed by atoms with E-state index in [-0.39, 0.29) is 33.2 Å². The summed E-state index contributed by atoms with van der Waals surface area (Å²) in [5.74, 6) is -0.773. The van der Waals surface area contributed by atoms with Gasteiger partial charge in [0.25, 0.3) is 11.8 Å². The highest BCUT2D eigenvalue weighted by molar-refractivity contribution is 8.26. The zero-order valence-corrected chi connectivity index (χ0v) is 19.9. The fraction of sp³-hybridized carbons (Fsp3) is 0.227. The molecule has 0 radical (unpaired) electrons. The number of nitrogens with zero attached hydrogens (tertiary/aromatic N) is 2. The number of hydrogen-bond donors (Lipinski definition) is 0. The molecule has 0 spiro atoms. The molecule has 3 heterocycles. The molecule has 3 aliphatic rings. The zero-order chi connectivity index (χ0) is 22.6. The Kier molecular flexibility index (Phi) is 5.40. The minimum atomic E-state index is -3.19. The molecule has 2 amide bonds. The van der Waals surface area contributed by atoms with E-state index in [1.165, 1.54) is 4.90 Å². The van der Waals surface area contributed by atoms with Gasteiger partial charge in [-0.05, 0) is 24.1 Å². The SMILES string of the molecule is O=C1/C(=C2/SC(=S)N(C3CCS(=O)(=O)C3)C2=O)c2ccccc2N1Cc1ccccc1Cl. The van der Waals surface area contributed by atoms with Crippen LogP contribution in [0.25, 0.3) is 5.57 Å². The average molecular weight is 505 g/mol. The normalized spacial score (nSPS) is 24.5. The lowest BCUT2D eigenvalue weighted by atomic mass is 10.1. The van der Waals surface area contributed by atoms with Crippen molar-refractivity contribution in [1.29, 1.82) is 0 Å². The van der Waals surface area contributed by atoms with Crippen molar-refractivity contribution in [3.05, 3.63) is 69.6 Å². The maximum atomic E-state index is 13.6. The summed E-state index contributed by atoms with van der Waals surface area (Å²) in [4.78, 5) is 30.1. The van der Waals surface area contributed by atoms with Crippen LogP contribution in [0.3, 0.4) is 0 Å². The molecule has 10 heteroatoms. The first-order chi connectivity index (χ1) is 15.3. The summed E-state index contributed by atoms with van der Waals surface area (Å²) < 4.78 is 24.2. The average Bonchev–Trinajstić information content (AvgIpc) is 3.34. The Balaban J connectivity index is 1.55. The van der Waals surface area contributed by atoms with Gasteiger partial charge in [0, 0.05) is 10.6 Å². The second kappa shape index (κ2) is 7.98. The quantitative estimate of drug-likeness (QED) is 0.469. The smallest absolute Gasteiger partial charge is 0.267 e. The topological polar surface area (TPSA) is 74.8 Å². The third-order valence-electron chi connectivity index (χ3n) is 5.81. The van der Waals surface area contributed by atoms with Crippen molar-refractivity contribution in [2.75, 3.05) is 16.4 Å². The maximum Gasteiger partial charge on any atom is 0.267 e. The van der Waals surface area contributed by atoms with Crippen LogP contribution in [-0.4, -0.2) is 47.0 Å². The summed E-state index contributed by atoms with van der Waals surface area (Å²) >= 11 is 12.8. The number of fused-ring (bicyclic) bond motifs is 1. The van der Waals surface area contributed by atoms with Crippen LogP contribution in [0.2, 0.25) is 5.02 Å². The zero-order valence-electron chi connectivity index (χ0n) is 16.7. The predicted octanol–water partition coefficient (Wildman–Crippen LogP) is 3.65. The highest BCUT2D eigenvalue weighted by Crippen LogP contribution is 2.46. The Morgan fingerprint density at radius 3 is 2.50 bits per heavy atom. The summed E-state index contributed by atoms with van der Waals surface area (Å²) in [5, 5.41) is 0.556. The standard InChI is InChI=1S/C22H17ClN2O4S3/c23-16-7-3-1-5-13(16)11-24-17-8-4-2-6-15(17)18(20(24)26)19-21(27)25(22(30)31-19)14-9-10-32(28,29)12-14/h1-8,14H,9-12H2/b19-18+. The fourth-order valence-electron chi connectivity index (χ4n) is 4.28. The first kappa shape index (κ1) is 21.6. The second-order valence-electron chi connectivity index (χ2n) is 7.80. The van der Waals surface area contributed by atoms with Crippen molar-refractivity contribution in [3.63, 3.8) is 0 Å². The van der Waals surface area contributed by atoms with E-state index >= 15 is 0 Å². The van der Waals surface area contributed by atoms with Gasteiger partial charge < -0.3 is 4.90 Å². The van der Waals surface area contributed by atoms with Crippen LogP contribution in [0.4, 0.5) is 5.69 Å². The minimum absolute atomic E-state index is 0.0357. The fourth-order valence-corrected chi connectivity index (χ4v) is 7.64. The van der Waals surface area contributed by atoms with Crippen LogP contribution in [0.15, 0.2) is 53.4 Å². The third-order valence-corrected chi connectivity index (χ3v) is 9.33. The first-order valence-electron chi connectivity index (χ1n) is 9.91. The minimum Gasteiger partial charge on any atom is -0.303 e. The van der Waals surface area contributed by atoms with Gasteiger partial charge in [0.1, 0.15) is 4.32 Å². The van der Waals surface area contributed by atoms with Crippen molar-refractivity contribution in [3.8, 4) is 0 Å². The number of para-hydroxylation sites is 1. The Hall–Kier alpha value is -2.20. The number of sulfone groups is 1. The first-order valence-corrected chi connectivity index (χ1v) is 13.3. The Morgan fingerprint density at radius 1 is 1.06 bits per heavy atom. The van der Waals surface area contributed by atoms with Gasteiger partial charge in [0.05, 0.1) is 40.3 Å². The molecule has 5 rings (SSSR count). The van der Waals surface area contributed by atoms with Crippen molar-refractivity contribution >= 4 is 72.8 Å². The number of benzene rings is 2. The molecule has 0 saturated carbocycles. The van der Waals surface area contributed by atoms with Gasteiger partial charge in [0.15, 0.2) is 9.84 Å². The largest absolute Gasteiger partial charge is 0.303 e. The molecule has 32 heavy (non-hydrogen) atoms. The number of carbonyl (C=O) groups excluding carboxylic acids is 2. The van der Waals surface area contributed by atoms with Gasteiger partial charge in [-0.25, -0.2) is 8.42 Å². The van der Waals surface area contributed by atoms with E-state index in [0.717, 1.165) is 17.3 Å². The lowest BCUT2D eigenvalue weighted by Crippen LogP contribution is -2.39. The van der Waals surface area contributed by atoms with Crippen molar-refractivity contribution in [2.24, 2.45) is 0 Å². The van der Waals surface area contributed by atoms with Crippen LogP contribution in [0.1, 0.15) is 17.5 Å². The molecule has 2 aromatic carbocycles. The summed E-state index contributed by atoms with van der Waals surface area (Å²) in [5.41, 5.74) is 2.45. The molecule has 3 aliphatic heterocycles. The van der Waals surface area contributed by atoms with Gasteiger partial charge in [0.2, 0.25) is 0 Å². The number of thiocarbonyl (C=S) groups is 1. The molecule has 0 bridgehead atoms. The third kappa shape index (κ3) is 3.57. The summed E-state index contributed by atoms with van der Waals surface area (Å²) in [6.07, 6.45) is 0.348. The van der Waals surface area contributed by atoms with Crippen LogP contribution in [-0.2, 0) is 26.0 Å². The Bertz CT molecular complexity index is 1320. The molecular weight excluding hydrogens is 488 g/mol. The molecule has 0 aliphatic carbocycles. The molecule has 6 nitrogen and oxygen atoms in total. The number of thioether (sulfide) groups is 1. The number of rotatable bonds is 3. The van der Waals surface area contributed by atoms with E-state index in [1.54, 1.807) is 11.0 Å². The highest BCUT2D eigenvalue weighted by atomic mass is 35.5. The van der Waals surface area contributed by atoms with Gasteiger partial charge >= 0.3 is 0 Å². The number of hydrogen-bond acceptors (Lipinski definition) is 6. The Morgan fingerprint density at radius 2 is 1.78 bits per heavy atom. The van der Waals surface area contributed by atoms with E-state index < -0.39 is 21.8 Å². The molecule has 2 saturated heterocycles. The second-order valence-corrected chi connectivity index (χ2v) is 12.1. The molecular formula is C22H17ClN2O4S3. The summed E-state index contributed by atoms with van der Waals surface area (Å²) in [6, 6.07) is 14.1. The Labute approximate surface area is 200 Å². The highest BCUT2D eigenvalue weighted by Gasteiger charge is 2.46. The van der Waals surface area contributed by atoms with Gasteiger partial charge in [-0.3, -0.25) is 14.5 Å². The van der Waals surface area contributed by atoms with Gasteiger partial charge in [-0.2, -0.15) is 0 Å². The van der Waals surface area contributed by atoms with Crippen molar-refractivity contribution in [2.45, 2.75) is 19.0 Å². The van der Waals surface area contributed by atoms with E-state index in [4.69, 9.17) is 23.8 Å².